The number of anilines is 1. The van der Waals surface area contributed by atoms with Gasteiger partial charge in [-0.25, -0.2) is 0 Å². The van der Waals surface area contributed by atoms with Crippen molar-refractivity contribution in [3.8, 4) is 0 Å². The van der Waals surface area contributed by atoms with Crippen LogP contribution in [0.3, 0.4) is 0 Å². The van der Waals surface area contributed by atoms with Crippen molar-refractivity contribution in [1.82, 2.24) is 0 Å². The molecule has 0 heterocycles. The van der Waals surface area contributed by atoms with Crippen molar-refractivity contribution < 1.29 is 4.92 Å². The average molecular weight is 270 g/mol. The Labute approximate surface area is 116 Å². The summed E-state index contributed by atoms with van der Waals surface area (Å²) in [4.78, 5) is 10.3. The number of nitrogens with zero attached hydrogens (tertiary/aromatic N) is 3. The fraction of sp³-hybridized carbons (Fsp3) is 0.143. The van der Waals surface area contributed by atoms with E-state index in [4.69, 9.17) is 0 Å². The summed E-state index contributed by atoms with van der Waals surface area (Å²) < 4.78 is 0. The second-order valence-corrected chi connectivity index (χ2v) is 4.02. The predicted octanol–water partition coefficient (Wildman–Crippen LogP) is 4.44. The van der Waals surface area contributed by atoms with Crippen LogP contribution in [0.2, 0.25) is 0 Å². The minimum atomic E-state index is -0.432. The lowest BCUT2D eigenvalue weighted by atomic mass is 10.2. The number of hydrogen-bond acceptors (Lipinski definition) is 5. The van der Waals surface area contributed by atoms with E-state index in [0.29, 0.717) is 17.9 Å². The van der Waals surface area contributed by atoms with Gasteiger partial charge in [0.25, 0.3) is 5.69 Å². The van der Waals surface area contributed by atoms with Gasteiger partial charge in [0.05, 0.1) is 16.3 Å². The molecule has 0 amide bonds. The number of rotatable bonds is 5. The maximum absolute atomic E-state index is 10.8. The summed E-state index contributed by atoms with van der Waals surface area (Å²) in [5, 5.41) is 22.1. The Kier molecular flexibility index (Phi) is 4.39. The molecule has 20 heavy (non-hydrogen) atoms. The van der Waals surface area contributed by atoms with Gasteiger partial charge in [0.15, 0.2) is 0 Å². The van der Waals surface area contributed by atoms with Crippen molar-refractivity contribution in [2.24, 2.45) is 10.2 Å². The second-order valence-electron chi connectivity index (χ2n) is 4.02. The normalized spacial score (nSPS) is 10.7. The van der Waals surface area contributed by atoms with Gasteiger partial charge in [-0.15, -0.1) is 5.11 Å². The van der Waals surface area contributed by atoms with Gasteiger partial charge in [0.2, 0.25) is 0 Å². The molecular weight excluding hydrogens is 256 g/mol. The molecule has 6 nitrogen and oxygen atoms in total. The first-order valence-electron chi connectivity index (χ1n) is 6.20. The molecule has 2 aromatic rings. The maximum Gasteiger partial charge on any atom is 0.271 e. The molecule has 0 saturated heterocycles. The molecule has 0 unspecified atom stereocenters. The summed E-state index contributed by atoms with van der Waals surface area (Å²) in [6.07, 6.45) is 0. The maximum atomic E-state index is 10.8. The van der Waals surface area contributed by atoms with E-state index in [1.54, 1.807) is 6.07 Å². The first-order valence-corrected chi connectivity index (χ1v) is 6.20. The number of hydrogen-bond donors (Lipinski definition) is 1. The predicted molar refractivity (Wildman–Crippen MR) is 77.9 cm³/mol. The summed E-state index contributed by atoms with van der Waals surface area (Å²) in [6.45, 7) is 2.56. The number of nitro groups is 1. The van der Waals surface area contributed by atoms with Crippen molar-refractivity contribution in [3.05, 3.63) is 58.6 Å². The minimum absolute atomic E-state index is 0.0274. The Morgan fingerprint density at radius 3 is 2.55 bits per heavy atom. The van der Waals surface area contributed by atoms with Crippen LogP contribution in [0.15, 0.2) is 58.8 Å². The molecule has 2 aromatic carbocycles. The van der Waals surface area contributed by atoms with Crippen molar-refractivity contribution in [1.29, 1.82) is 0 Å². The van der Waals surface area contributed by atoms with E-state index in [0.717, 1.165) is 5.69 Å². The first kappa shape index (κ1) is 13.7. The quantitative estimate of drug-likeness (QED) is 0.495. The van der Waals surface area contributed by atoms with Gasteiger partial charge < -0.3 is 5.32 Å². The highest BCUT2D eigenvalue weighted by atomic mass is 16.6. The number of nitro benzene ring substituents is 1. The van der Waals surface area contributed by atoms with Crippen LogP contribution >= 0.6 is 0 Å². The largest absolute Gasteiger partial charge is 0.383 e. The lowest BCUT2D eigenvalue weighted by molar-refractivity contribution is -0.384. The molecule has 2 rings (SSSR count). The zero-order valence-electron chi connectivity index (χ0n) is 11.0. The number of benzene rings is 2. The zero-order chi connectivity index (χ0) is 14.4. The van der Waals surface area contributed by atoms with Gasteiger partial charge >= 0.3 is 0 Å². The Morgan fingerprint density at radius 1 is 1.15 bits per heavy atom. The van der Waals surface area contributed by atoms with Crippen molar-refractivity contribution in [2.75, 3.05) is 11.9 Å². The van der Waals surface area contributed by atoms with Gasteiger partial charge in [0.1, 0.15) is 5.69 Å². The highest BCUT2D eigenvalue weighted by Crippen LogP contribution is 2.30. The molecule has 0 fully saturated rings. The fourth-order valence-corrected chi connectivity index (χ4v) is 1.66. The van der Waals surface area contributed by atoms with Gasteiger partial charge in [-0.05, 0) is 25.1 Å². The summed E-state index contributed by atoms with van der Waals surface area (Å²) in [5.74, 6) is 0. The molecular formula is C14H14N4O2. The summed E-state index contributed by atoms with van der Waals surface area (Å²) in [7, 11) is 0. The summed E-state index contributed by atoms with van der Waals surface area (Å²) >= 11 is 0. The Bertz CT molecular complexity index is 626. The standard InChI is InChI=1S/C14H14N4O2/c1-2-15-14-10-12(18(19)20)8-9-13(14)17-16-11-6-4-3-5-7-11/h3-10,15H,2H2,1H3. The van der Waals surface area contributed by atoms with Crippen LogP contribution in [-0.2, 0) is 0 Å². The molecule has 0 aromatic heterocycles. The van der Waals surface area contributed by atoms with Crippen LogP contribution < -0.4 is 5.32 Å². The molecule has 102 valence electrons. The summed E-state index contributed by atoms with van der Waals surface area (Å²) in [6, 6.07) is 13.8. The van der Waals surface area contributed by atoms with E-state index in [9.17, 15) is 10.1 Å². The van der Waals surface area contributed by atoms with Crippen LogP contribution in [0.1, 0.15) is 6.92 Å². The topological polar surface area (TPSA) is 79.9 Å². The molecule has 6 heteroatoms. The van der Waals surface area contributed by atoms with Crippen molar-refractivity contribution >= 4 is 22.7 Å². The van der Waals surface area contributed by atoms with E-state index < -0.39 is 4.92 Å². The Hall–Kier alpha value is -2.76. The van der Waals surface area contributed by atoms with Crippen LogP contribution in [0.25, 0.3) is 0 Å². The van der Waals surface area contributed by atoms with E-state index in [1.165, 1.54) is 12.1 Å². The first-order chi connectivity index (χ1) is 9.70. The molecule has 0 aliphatic rings. The third-order valence-corrected chi connectivity index (χ3v) is 2.59. The zero-order valence-corrected chi connectivity index (χ0v) is 11.0. The van der Waals surface area contributed by atoms with Crippen LogP contribution in [0, 0.1) is 10.1 Å². The molecule has 0 saturated carbocycles. The highest BCUT2D eigenvalue weighted by Gasteiger charge is 2.10. The minimum Gasteiger partial charge on any atom is -0.383 e. The molecule has 0 atom stereocenters. The number of non-ortho nitro benzene ring substituents is 1. The van der Waals surface area contributed by atoms with Crippen LogP contribution in [-0.4, -0.2) is 11.5 Å². The highest BCUT2D eigenvalue weighted by molar-refractivity contribution is 5.68. The SMILES string of the molecule is CCNc1cc([N+](=O)[O-])ccc1N=Nc1ccccc1. The smallest absolute Gasteiger partial charge is 0.271 e. The molecule has 0 aliphatic heterocycles. The molecule has 1 N–H and O–H groups in total. The van der Waals surface area contributed by atoms with Gasteiger partial charge in [-0.2, -0.15) is 5.11 Å². The van der Waals surface area contributed by atoms with Crippen molar-refractivity contribution in [2.45, 2.75) is 6.92 Å². The molecule has 0 radical (unpaired) electrons. The molecule has 0 aliphatic carbocycles. The van der Waals surface area contributed by atoms with E-state index in [-0.39, 0.29) is 5.69 Å². The third-order valence-electron chi connectivity index (χ3n) is 2.59. The van der Waals surface area contributed by atoms with Crippen molar-refractivity contribution in [3.63, 3.8) is 0 Å². The monoisotopic (exact) mass is 270 g/mol. The van der Waals surface area contributed by atoms with Crippen LogP contribution in [0.4, 0.5) is 22.7 Å². The van der Waals surface area contributed by atoms with Gasteiger partial charge in [-0.1, -0.05) is 18.2 Å². The number of nitrogens with one attached hydrogen (secondary N) is 1. The summed E-state index contributed by atoms with van der Waals surface area (Å²) in [5.41, 5.74) is 1.93. The number of azo groups is 1. The van der Waals surface area contributed by atoms with E-state index >= 15 is 0 Å². The Balaban J connectivity index is 2.31. The third kappa shape index (κ3) is 3.38. The van der Waals surface area contributed by atoms with Crippen LogP contribution in [0.5, 0.6) is 0 Å². The fourth-order valence-electron chi connectivity index (χ4n) is 1.66. The van der Waals surface area contributed by atoms with Gasteiger partial charge in [0, 0.05) is 18.7 Å². The Morgan fingerprint density at radius 2 is 1.90 bits per heavy atom. The van der Waals surface area contributed by atoms with E-state index in [2.05, 4.69) is 15.5 Å². The molecule has 0 spiro atoms. The van der Waals surface area contributed by atoms with Gasteiger partial charge in [-0.3, -0.25) is 10.1 Å². The average Bonchev–Trinajstić information content (AvgIpc) is 2.47. The lowest BCUT2D eigenvalue weighted by Gasteiger charge is -2.05. The van der Waals surface area contributed by atoms with E-state index in [1.807, 2.05) is 37.3 Å². The lowest BCUT2D eigenvalue weighted by Crippen LogP contribution is -1.98. The second kappa shape index (κ2) is 6.42. The molecule has 0 bridgehead atoms.